The van der Waals surface area contributed by atoms with Gasteiger partial charge in [0.05, 0.1) is 2.74 Å². The van der Waals surface area contributed by atoms with Gasteiger partial charge >= 0.3 is 5.97 Å². The Morgan fingerprint density at radius 2 is 2.00 bits per heavy atom. The zero-order valence-electron chi connectivity index (χ0n) is 16.6. The Labute approximate surface area is 156 Å². The van der Waals surface area contributed by atoms with Gasteiger partial charge in [-0.3, -0.25) is 0 Å². The second-order valence-electron chi connectivity index (χ2n) is 5.32. The van der Waals surface area contributed by atoms with E-state index in [0.29, 0.717) is 5.56 Å². The number of carboxylic acid groups (broad SMARTS) is 1. The van der Waals surface area contributed by atoms with Gasteiger partial charge < -0.3 is 14.6 Å². The van der Waals surface area contributed by atoms with Crippen molar-refractivity contribution in [1.82, 2.24) is 0 Å². The molecule has 0 saturated heterocycles. The van der Waals surface area contributed by atoms with Gasteiger partial charge in [0.15, 0.2) is 6.10 Å². The van der Waals surface area contributed by atoms with Crippen molar-refractivity contribution >= 4 is 5.97 Å². The van der Waals surface area contributed by atoms with Crippen LogP contribution in [0.15, 0.2) is 66.7 Å². The fraction of sp³-hybridized carbons (Fsp3) is 0.227. The lowest BCUT2D eigenvalue weighted by Gasteiger charge is -2.12. The lowest BCUT2D eigenvalue weighted by Crippen LogP contribution is -2.26. The van der Waals surface area contributed by atoms with E-state index in [4.69, 9.17) is 17.3 Å². The lowest BCUT2D eigenvalue weighted by molar-refractivity contribution is -0.149. The predicted molar refractivity (Wildman–Crippen MR) is 101 cm³/mol. The summed E-state index contributed by atoms with van der Waals surface area (Å²) in [6, 6.07) is 12.7. The smallest absolute Gasteiger partial charge is 0.333 e. The van der Waals surface area contributed by atoms with Crippen molar-refractivity contribution in [2.75, 3.05) is 13.2 Å². The molecule has 0 aliphatic heterocycles. The molecule has 0 aliphatic carbocycles. The molecule has 0 fully saturated rings. The van der Waals surface area contributed by atoms with Crippen LogP contribution in [0.5, 0.6) is 5.75 Å². The molecule has 1 N–H and O–H groups in total. The molecule has 4 heteroatoms. The minimum atomic E-state index is -1.07. The van der Waals surface area contributed by atoms with Crippen molar-refractivity contribution < 1.29 is 22.1 Å². The molecule has 1 atom stereocenters. The molecule has 0 amide bonds. The monoisotopic (exact) mass is 354 g/mol. The van der Waals surface area contributed by atoms with Crippen LogP contribution in [0.2, 0.25) is 0 Å². The summed E-state index contributed by atoms with van der Waals surface area (Å²) in [5.41, 5.74) is 1.46. The number of rotatable bonds is 8. The van der Waals surface area contributed by atoms with Crippen molar-refractivity contribution in [2.24, 2.45) is 0 Å². The number of carboxylic acids is 1. The van der Waals surface area contributed by atoms with Crippen molar-refractivity contribution in [3.05, 3.63) is 77.8 Å². The Balaban J connectivity index is 1.96. The number of benzene rings is 2. The van der Waals surface area contributed by atoms with E-state index in [2.05, 4.69) is 11.8 Å². The van der Waals surface area contributed by atoms with Crippen LogP contribution in [0.1, 0.15) is 20.8 Å². The van der Waals surface area contributed by atoms with Gasteiger partial charge in [0.1, 0.15) is 12.4 Å². The van der Waals surface area contributed by atoms with Crippen LogP contribution in [-0.4, -0.2) is 30.4 Å². The van der Waals surface area contributed by atoms with Crippen LogP contribution < -0.4 is 4.74 Å². The molecule has 0 bridgehead atoms. The molecule has 0 radical (unpaired) electrons. The standard InChI is InChI=1S/C22H22O4/c1-2-25-21(22(23)24)17-19-12-14-20(15-13-19)26-16-8-4-7-11-18-9-5-3-6-10-18/h3-6,8-10,12-15,21H,2,16-17H2,1H3,(H,23,24)/b8-4+/t21-/m0/s1/i14T,15T. The highest BCUT2D eigenvalue weighted by Crippen LogP contribution is 2.14. The second kappa shape index (κ2) is 10.8. The summed E-state index contributed by atoms with van der Waals surface area (Å²) in [5, 5.41) is 9.16. The van der Waals surface area contributed by atoms with Crippen LogP contribution in [0, 0.1) is 11.8 Å². The van der Waals surface area contributed by atoms with E-state index in [1.54, 1.807) is 19.1 Å². The molecule has 0 spiro atoms. The molecule has 26 heavy (non-hydrogen) atoms. The number of ether oxygens (including phenoxy) is 2. The number of allylic oxidation sites excluding steroid dienone is 1. The first kappa shape index (κ1) is 16.4. The fourth-order valence-corrected chi connectivity index (χ4v) is 2.12. The lowest BCUT2D eigenvalue weighted by atomic mass is 10.1. The SMILES string of the molecule is [3H]c1cc(C[C@H](OCC)C(=O)O)cc([3H])c1OC/C=C/C#Cc1ccccc1. The maximum absolute atomic E-state index is 11.2. The summed E-state index contributed by atoms with van der Waals surface area (Å²) in [4.78, 5) is 11.2. The largest absolute Gasteiger partial charge is 0.490 e. The molecule has 0 heterocycles. The third-order valence-corrected chi connectivity index (χ3v) is 3.36. The summed E-state index contributed by atoms with van der Waals surface area (Å²) in [5.74, 6) is 4.96. The third kappa shape index (κ3) is 6.84. The molecule has 2 aromatic carbocycles. The summed E-state index contributed by atoms with van der Waals surface area (Å²) >= 11 is 0. The highest BCUT2D eigenvalue weighted by Gasteiger charge is 2.17. The van der Waals surface area contributed by atoms with E-state index in [0.717, 1.165) is 5.56 Å². The minimum Gasteiger partial charge on any atom is -0.490 e. The van der Waals surface area contributed by atoms with Crippen molar-refractivity contribution in [2.45, 2.75) is 19.4 Å². The van der Waals surface area contributed by atoms with Crippen LogP contribution in [0.25, 0.3) is 0 Å². The highest BCUT2D eigenvalue weighted by atomic mass is 16.5. The van der Waals surface area contributed by atoms with Gasteiger partial charge in [-0.25, -0.2) is 4.79 Å². The first-order valence-electron chi connectivity index (χ1n) is 9.30. The topological polar surface area (TPSA) is 55.8 Å². The van der Waals surface area contributed by atoms with Crippen LogP contribution in [0.3, 0.4) is 0 Å². The second-order valence-corrected chi connectivity index (χ2v) is 5.32. The van der Waals surface area contributed by atoms with Gasteiger partial charge in [0.25, 0.3) is 0 Å². The Morgan fingerprint density at radius 3 is 2.65 bits per heavy atom. The van der Waals surface area contributed by atoms with E-state index in [9.17, 15) is 4.79 Å². The zero-order valence-corrected chi connectivity index (χ0v) is 14.6. The third-order valence-electron chi connectivity index (χ3n) is 3.36. The van der Waals surface area contributed by atoms with Gasteiger partial charge in [-0.05, 0) is 48.9 Å². The normalized spacial score (nSPS) is 12.7. The summed E-state index contributed by atoms with van der Waals surface area (Å²) in [7, 11) is 0. The highest BCUT2D eigenvalue weighted by molar-refractivity contribution is 5.72. The number of hydrogen-bond acceptors (Lipinski definition) is 3. The zero-order chi connectivity index (χ0) is 20.4. The number of hydrogen-bond donors (Lipinski definition) is 1. The Bertz CT molecular complexity index is 859. The quantitative estimate of drug-likeness (QED) is 0.735. The van der Waals surface area contributed by atoms with Crippen LogP contribution in [-0.2, 0) is 16.0 Å². The molecule has 0 saturated carbocycles. The van der Waals surface area contributed by atoms with Crippen molar-refractivity contribution in [3.8, 4) is 17.6 Å². The fourth-order valence-electron chi connectivity index (χ4n) is 2.12. The first-order chi connectivity index (χ1) is 13.5. The summed E-state index contributed by atoms with van der Waals surface area (Å²) in [6.07, 6.45) is 2.46. The molecule has 0 aliphatic rings. The Hall–Kier alpha value is -3.03. The Morgan fingerprint density at radius 1 is 1.27 bits per heavy atom. The summed E-state index contributed by atoms with van der Waals surface area (Å²) in [6.45, 7) is 2.17. The number of aliphatic carboxylic acids is 1. The van der Waals surface area contributed by atoms with E-state index >= 15 is 0 Å². The van der Waals surface area contributed by atoms with Crippen molar-refractivity contribution in [1.29, 1.82) is 0 Å². The molecule has 134 valence electrons. The molecular weight excluding hydrogens is 328 g/mol. The molecule has 0 aromatic heterocycles. The van der Waals surface area contributed by atoms with Gasteiger partial charge in [-0.1, -0.05) is 42.2 Å². The molecule has 2 rings (SSSR count). The van der Waals surface area contributed by atoms with Gasteiger partial charge in [-0.15, -0.1) is 0 Å². The average Bonchev–Trinajstić information content (AvgIpc) is 2.66. The Kier molecular flexibility index (Phi) is 6.80. The van der Waals surface area contributed by atoms with E-state index < -0.39 is 12.1 Å². The molecule has 2 aromatic rings. The van der Waals surface area contributed by atoms with Gasteiger partial charge in [0.2, 0.25) is 0 Å². The van der Waals surface area contributed by atoms with Gasteiger partial charge in [-0.2, -0.15) is 0 Å². The van der Waals surface area contributed by atoms with E-state index in [1.165, 1.54) is 12.1 Å². The minimum absolute atomic E-state index is 0.0342. The van der Waals surface area contributed by atoms with Crippen molar-refractivity contribution in [3.63, 3.8) is 0 Å². The van der Waals surface area contributed by atoms with E-state index in [-0.39, 0.29) is 37.5 Å². The maximum atomic E-state index is 11.2. The predicted octanol–water partition coefficient (Wildman–Crippen LogP) is 3.71. The molecule has 4 nitrogen and oxygen atoms in total. The maximum Gasteiger partial charge on any atom is 0.333 e. The van der Waals surface area contributed by atoms with E-state index in [1.807, 2.05) is 30.3 Å². The molecular formula is C22H22O4. The van der Waals surface area contributed by atoms with Gasteiger partial charge in [0, 0.05) is 18.6 Å². The average molecular weight is 354 g/mol. The first-order valence-corrected chi connectivity index (χ1v) is 8.30. The van der Waals surface area contributed by atoms with Crippen LogP contribution >= 0.6 is 0 Å². The number of carbonyl (C=O) groups is 1. The molecule has 0 unspecified atom stereocenters. The summed E-state index contributed by atoms with van der Waals surface area (Å²) < 4.78 is 26.8. The van der Waals surface area contributed by atoms with Crippen LogP contribution in [0.4, 0.5) is 0 Å².